The van der Waals surface area contributed by atoms with Gasteiger partial charge in [-0.3, -0.25) is 0 Å². The van der Waals surface area contributed by atoms with Gasteiger partial charge < -0.3 is 5.73 Å². The molecular weight excluding hydrogens is 184 g/mol. The van der Waals surface area contributed by atoms with Crippen LogP contribution in [0.1, 0.15) is 11.1 Å². The van der Waals surface area contributed by atoms with Gasteiger partial charge in [-0.1, -0.05) is 29.8 Å². The molecule has 0 fully saturated rings. The van der Waals surface area contributed by atoms with E-state index in [0.29, 0.717) is 6.42 Å². The molecule has 78 valence electrons. The Morgan fingerprint density at radius 3 is 2.21 bits per heavy atom. The van der Waals surface area contributed by atoms with Crippen molar-refractivity contribution < 1.29 is 8.78 Å². The maximum Gasteiger partial charge on any atom is 0.242 e. The third-order valence-corrected chi connectivity index (χ3v) is 2.28. The number of hydrogen-bond donors (Lipinski definition) is 1. The van der Waals surface area contributed by atoms with Crippen molar-refractivity contribution in [3.8, 4) is 0 Å². The smallest absolute Gasteiger partial charge is 0.242 e. The summed E-state index contributed by atoms with van der Waals surface area (Å²) in [6.07, 6.45) is -1.98. The van der Waals surface area contributed by atoms with Crippen LogP contribution in [0.15, 0.2) is 24.3 Å². The molecule has 14 heavy (non-hydrogen) atoms. The van der Waals surface area contributed by atoms with Crippen LogP contribution in [0, 0.1) is 12.8 Å². The third-order valence-electron chi connectivity index (χ3n) is 2.28. The fraction of sp³-hybridized carbons (Fsp3) is 0.455. The van der Waals surface area contributed by atoms with Crippen LogP contribution in [0.4, 0.5) is 8.78 Å². The number of alkyl halides is 2. The van der Waals surface area contributed by atoms with E-state index in [4.69, 9.17) is 5.73 Å². The Morgan fingerprint density at radius 1 is 1.21 bits per heavy atom. The second-order valence-electron chi connectivity index (χ2n) is 3.52. The highest BCUT2D eigenvalue weighted by molar-refractivity contribution is 5.21. The molecule has 0 radical (unpaired) electrons. The average molecular weight is 199 g/mol. The quantitative estimate of drug-likeness (QED) is 0.791. The van der Waals surface area contributed by atoms with Crippen LogP contribution in [-0.2, 0) is 6.42 Å². The van der Waals surface area contributed by atoms with Crippen molar-refractivity contribution in [3.63, 3.8) is 0 Å². The molecule has 1 unspecified atom stereocenters. The molecule has 0 spiro atoms. The summed E-state index contributed by atoms with van der Waals surface area (Å²) in [5, 5.41) is 0. The monoisotopic (exact) mass is 199 g/mol. The van der Waals surface area contributed by atoms with Crippen molar-refractivity contribution in [2.45, 2.75) is 19.8 Å². The van der Waals surface area contributed by atoms with E-state index in [2.05, 4.69) is 0 Å². The van der Waals surface area contributed by atoms with Crippen LogP contribution in [0.5, 0.6) is 0 Å². The zero-order chi connectivity index (χ0) is 10.6. The van der Waals surface area contributed by atoms with Crippen LogP contribution in [0.25, 0.3) is 0 Å². The van der Waals surface area contributed by atoms with E-state index < -0.39 is 12.3 Å². The number of hydrogen-bond acceptors (Lipinski definition) is 1. The third kappa shape index (κ3) is 3.07. The standard InChI is InChI=1S/C11H15F2N/c1-8-2-4-9(5-3-8)6-10(7-14)11(12)13/h2-5,10-11H,6-7,14H2,1H3. The molecule has 0 saturated carbocycles. The largest absolute Gasteiger partial charge is 0.330 e. The normalized spacial score (nSPS) is 13.2. The zero-order valence-corrected chi connectivity index (χ0v) is 8.21. The molecule has 0 amide bonds. The summed E-state index contributed by atoms with van der Waals surface area (Å²) < 4.78 is 24.8. The Hall–Kier alpha value is -0.960. The molecule has 0 aliphatic heterocycles. The summed E-state index contributed by atoms with van der Waals surface area (Å²) in [6.45, 7) is 2.00. The fourth-order valence-corrected chi connectivity index (χ4v) is 1.30. The first-order chi connectivity index (χ1) is 6.63. The first-order valence-corrected chi connectivity index (χ1v) is 4.67. The minimum Gasteiger partial charge on any atom is -0.330 e. The minimum atomic E-state index is -2.33. The fourth-order valence-electron chi connectivity index (χ4n) is 1.30. The van der Waals surface area contributed by atoms with Crippen LogP contribution < -0.4 is 5.73 Å². The second kappa shape index (κ2) is 5.05. The van der Waals surface area contributed by atoms with Crippen molar-refractivity contribution in [1.82, 2.24) is 0 Å². The molecule has 1 aromatic rings. The van der Waals surface area contributed by atoms with Crippen LogP contribution >= 0.6 is 0 Å². The molecule has 0 aliphatic rings. The lowest BCUT2D eigenvalue weighted by Gasteiger charge is -2.13. The van der Waals surface area contributed by atoms with Gasteiger partial charge in [0.05, 0.1) is 0 Å². The molecule has 1 aromatic carbocycles. The molecular formula is C11H15F2N. The highest BCUT2D eigenvalue weighted by Crippen LogP contribution is 2.15. The lowest BCUT2D eigenvalue weighted by atomic mass is 9.99. The van der Waals surface area contributed by atoms with Gasteiger partial charge in [0.15, 0.2) is 0 Å². The van der Waals surface area contributed by atoms with E-state index in [9.17, 15) is 8.78 Å². The summed E-state index contributed by atoms with van der Waals surface area (Å²) in [5.41, 5.74) is 7.33. The molecule has 0 bridgehead atoms. The van der Waals surface area contributed by atoms with E-state index in [1.807, 2.05) is 31.2 Å². The van der Waals surface area contributed by atoms with Gasteiger partial charge in [-0.25, -0.2) is 8.78 Å². The predicted octanol–water partition coefficient (Wildman–Crippen LogP) is 2.38. The lowest BCUT2D eigenvalue weighted by Crippen LogP contribution is -2.23. The Kier molecular flexibility index (Phi) is 4.01. The maximum absolute atomic E-state index is 12.4. The number of rotatable bonds is 4. The highest BCUT2D eigenvalue weighted by Gasteiger charge is 2.18. The molecule has 0 aromatic heterocycles. The molecule has 0 saturated heterocycles. The van der Waals surface area contributed by atoms with Gasteiger partial charge in [-0.15, -0.1) is 0 Å². The van der Waals surface area contributed by atoms with Crippen molar-refractivity contribution in [3.05, 3.63) is 35.4 Å². The molecule has 0 heterocycles. The van der Waals surface area contributed by atoms with Crippen molar-refractivity contribution in [1.29, 1.82) is 0 Å². The van der Waals surface area contributed by atoms with Gasteiger partial charge >= 0.3 is 0 Å². The summed E-state index contributed by atoms with van der Waals surface area (Å²) >= 11 is 0. The molecule has 2 N–H and O–H groups in total. The zero-order valence-electron chi connectivity index (χ0n) is 8.21. The van der Waals surface area contributed by atoms with Crippen LogP contribution in [0.2, 0.25) is 0 Å². The molecule has 3 heteroatoms. The van der Waals surface area contributed by atoms with Gasteiger partial charge in [-0.05, 0) is 18.9 Å². The first kappa shape index (κ1) is 11.1. The lowest BCUT2D eigenvalue weighted by molar-refractivity contribution is 0.0814. The SMILES string of the molecule is Cc1ccc(CC(CN)C(F)F)cc1. The summed E-state index contributed by atoms with van der Waals surface area (Å²) in [6, 6.07) is 7.60. The first-order valence-electron chi connectivity index (χ1n) is 4.67. The molecule has 1 atom stereocenters. The number of nitrogens with two attached hydrogens (primary N) is 1. The molecule has 1 rings (SSSR count). The molecule has 0 aliphatic carbocycles. The Morgan fingerprint density at radius 2 is 1.79 bits per heavy atom. The Balaban J connectivity index is 2.63. The van der Waals surface area contributed by atoms with Gasteiger partial charge in [0.25, 0.3) is 0 Å². The maximum atomic E-state index is 12.4. The van der Waals surface area contributed by atoms with Gasteiger partial charge in [0.1, 0.15) is 0 Å². The van der Waals surface area contributed by atoms with Crippen LogP contribution in [-0.4, -0.2) is 13.0 Å². The average Bonchev–Trinajstić information content (AvgIpc) is 2.16. The second-order valence-corrected chi connectivity index (χ2v) is 3.52. The minimum absolute atomic E-state index is 0.0333. The van der Waals surface area contributed by atoms with E-state index in [1.165, 1.54) is 0 Å². The van der Waals surface area contributed by atoms with E-state index in [0.717, 1.165) is 11.1 Å². The van der Waals surface area contributed by atoms with Crippen molar-refractivity contribution in [2.24, 2.45) is 11.7 Å². The van der Waals surface area contributed by atoms with Crippen molar-refractivity contribution >= 4 is 0 Å². The van der Waals surface area contributed by atoms with E-state index >= 15 is 0 Å². The Bertz CT molecular complexity index is 269. The number of benzene rings is 1. The topological polar surface area (TPSA) is 26.0 Å². The van der Waals surface area contributed by atoms with Crippen molar-refractivity contribution in [2.75, 3.05) is 6.54 Å². The van der Waals surface area contributed by atoms with Gasteiger partial charge in [-0.2, -0.15) is 0 Å². The van der Waals surface area contributed by atoms with E-state index in [-0.39, 0.29) is 6.54 Å². The van der Waals surface area contributed by atoms with E-state index in [1.54, 1.807) is 0 Å². The highest BCUT2D eigenvalue weighted by atomic mass is 19.3. The predicted molar refractivity (Wildman–Crippen MR) is 53.4 cm³/mol. The summed E-state index contributed by atoms with van der Waals surface area (Å²) in [4.78, 5) is 0. The number of halogens is 2. The van der Waals surface area contributed by atoms with Crippen LogP contribution in [0.3, 0.4) is 0 Å². The molecule has 1 nitrogen and oxygen atoms in total. The summed E-state index contributed by atoms with van der Waals surface area (Å²) in [5.74, 6) is -0.724. The Labute approximate surface area is 82.9 Å². The van der Waals surface area contributed by atoms with Gasteiger partial charge in [0.2, 0.25) is 6.43 Å². The summed E-state index contributed by atoms with van der Waals surface area (Å²) in [7, 11) is 0. The van der Waals surface area contributed by atoms with Gasteiger partial charge in [0, 0.05) is 12.5 Å². The number of aryl methyl sites for hydroxylation is 1.